The molecule has 216 valence electrons. The summed E-state index contributed by atoms with van der Waals surface area (Å²) in [6.07, 6.45) is 5.99. The molecule has 0 saturated carbocycles. The zero-order chi connectivity index (χ0) is 29.4. The van der Waals surface area contributed by atoms with Crippen LogP contribution in [0, 0.1) is 0 Å². The molecule has 6 nitrogen and oxygen atoms in total. The number of ether oxygens (including phenoxy) is 2. The lowest BCUT2D eigenvalue weighted by Gasteiger charge is -2.40. The molecule has 0 radical (unpaired) electrons. The molecule has 2 fully saturated rings. The van der Waals surface area contributed by atoms with Gasteiger partial charge < -0.3 is 28.1 Å². The van der Waals surface area contributed by atoms with Crippen molar-refractivity contribution in [3.8, 4) is 0 Å². The van der Waals surface area contributed by atoms with Gasteiger partial charge in [0, 0.05) is 0 Å². The van der Waals surface area contributed by atoms with Crippen molar-refractivity contribution in [2.24, 2.45) is 0 Å². The molecule has 0 aromatic rings. The average molecular weight is 532 g/mol. The third-order valence-corrected chi connectivity index (χ3v) is 8.52. The lowest BCUT2D eigenvalue weighted by molar-refractivity contribution is -0.105. The van der Waals surface area contributed by atoms with E-state index in [9.17, 15) is 0 Å². The Bertz CT molecular complexity index is 861. The number of hydrogen-bond donors (Lipinski definition) is 0. The van der Waals surface area contributed by atoms with Gasteiger partial charge >= 0.3 is 14.2 Å². The normalized spacial score (nSPS) is 31.2. The third-order valence-electron chi connectivity index (χ3n) is 8.52. The van der Waals surface area contributed by atoms with E-state index >= 15 is 0 Å². The summed E-state index contributed by atoms with van der Waals surface area (Å²) < 4.78 is 36.7. The van der Waals surface area contributed by atoms with Crippen molar-refractivity contribution >= 4 is 14.2 Å². The standard InChI is InChI=1S/2C15H27BO3/c2*1-12(2)9-11(10-13(3,4)17-12)16-18-14(5,6)15(7,8)19-16/h2*9H,10H2,1-8H3. The van der Waals surface area contributed by atoms with Gasteiger partial charge in [-0.1, -0.05) is 12.2 Å². The molecule has 0 spiro atoms. The number of hydrogen-bond acceptors (Lipinski definition) is 6. The van der Waals surface area contributed by atoms with Crippen LogP contribution < -0.4 is 0 Å². The smallest absolute Gasteiger partial charge is 0.400 e. The highest BCUT2D eigenvalue weighted by Gasteiger charge is 2.55. The maximum absolute atomic E-state index is 6.14. The van der Waals surface area contributed by atoms with E-state index in [4.69, 9.17) is 28.1 Å². The summed E-state index contributed by atoms with van der Waals surface area (Å²) >= 11 is 0. The van der Waals surface area contributed by atoms with Crippen LogP contribution in [0.1, 0.15) is 124 Å². The highest BCUT2D eigenvalue weighted by Crippen LogP contribution is 2.44. The molecular weight excluding hydrogens is 478 g/mol. The van der Waals surface area contributed by atoms with Gasteiger partial charge in [0.1, 0.15) is 0 Å². The molecule has 4 aliphatic heterocycles. The molecule has 38 heavy (non-hydrogen) atoms. The maximum atomic E-state index is 6.14. The quantitative estimate of drug-likeness (QED) is 0.356. The predicted molar refractivity (Wildman–Crippen MR) is 156 cm³/mol. The Hall–Kier alpha value is -0.630. The lowest BCUT2D eigenvalue weighted by Crippen LogP contribution is -2.43. The van der Waals surface area contributed by atoms with Crippen LogP contribution >= 0.6 is 0 Å². The van der Waals surface area contributed by atoms with Gasteiger partial charge in [0.15, 0.2) is 0 Å². The molecule has 0 amide bonds. The second-order valence-corrected chi connectivity index (χ2v) is 15.9. The summed E-state index contributed by atoms with van der Waals surface area (Å²) in [4.78, 5) is 0. The van der Waals surface area contributed by atoms with Crippen molar-refractivity contribution < 1.29 is 28.1 Å². The largest absolute Gasteiger partial charge is 0.490 e. The van der Waals surface area contributed by atoms with Crippen LogP contribution in [0.25, 0.3) is 0 Å². The Balaban J connectivity index is 0.000000211. The van der Waals surface area contributed by atoms with Crippen molar-refractivity contribution in [3.05, 3.63) is 23.1 Å². The van der Waals surface area contributed by atoms with E-state index in [0.29, 0.717) is 0 Å². The third kappa shape index (κ3) is 6.98. The minimum atomic E-state index is -0.287. The van der Waals surface area contributed by atoms with Crippen LogP contribution in [0.5, 0.6) is 0 Å². The van der Waals surface area contributed by atoms with Crippen LogP contribution in [-0.2, 0) is 28.1 Å². The Kier molecular flexibility index (Phi) is 7.94. The fraction of sp³-hybridized carbons (Fsp3) is 0.867. The van der Waals surface area contributed by atoms with Crippen molar-refractivity contribution in [2.75, 3.05) is 0 Å². The van der Waals surface area contributed by atoms with Crippen LogP contribution in [0.15, 0.2) is 23.1 Å². The topological polar surface area (TPSA) is 55.4 Å². The highest BCUT2D eigenvalue weighted by molar-refractivity contribution is 6.55. The first-order chi connectivity index (χ1) is 16.7. The van der Waals surface area contributed by atoms with Crippen LogP contribution in [0.4, 0.5) is 0 Å². The van der Waals surface area contributed by atoms with E-state index in [2.05, 4.69) is 123 Å². The fourth-order valence-corrected chi connectivity index (χ4v) is 5.83. The van der Waals surface area contributed by atoms with E-state index in [1.165, 1.54) is 10.9 Å². The van der Waals surface area contributed by atoms with E-state index in [-0.39, 0.29) is 59.0 Å². The Labute approximate surface area is 233 Å². The molecule has 0 aliphatic carbocycles. The molecule has 0 N–H and O–H groups in total. The zero-order valence-electron chi connectivity index (χ0n) is 27.2. The first-order valence-electron chi connectivity index (χ1n) is 14.2. The van der Waals surface area contributed by atoms with Crippen LogP contribution in [0.2, 0.25) is 0 Å². The molecule has 4 aliphatic rings. The minimum absolute atomic E-state index is 0.183. The van der Waals surface area contributed by atoms with Crippen molar-refractivity contribution in [2.45, 2.75) is 168 Å². The van der Waals surface area contributed by atoms with Gasteiger partial charge in [-0.15, -0.1) is 0 Å². The summed E-state index contributed by atoms with van der Waals surface area (Å²) in [7, 11) is -0.514. The second-order valence-electron chi connectivity index (χ2n) is 15.9. The van der Waals surface area contributed by atoms with Gasteiger partial charge in [-0.3, -0.25) is 0 Å². The molecular formula is C30H54B2O6. The lowest BCUT2D eigenvalue weighted by atomic mass is 9.69. The summed E-state index contributed by atoms with van der Waals surface area (Å²) in [6, 6.07) is 0. The molecule has 4 heterocycles. The second kappa shape index (κ2) is 9.46. The van der Waals surface area contributed by atoms with Gasteiger partial charge in [0.2, 0.25) is 0 Å². The van der Waals surface area contributed by atoms with Crippen molar-refractivity contribution in [1.82, 2.24) is 0 Å². The van der Waals surface area contributed by atoms with E-state index < -0.39 is 0 Å². The minimum Gasteiger partial charge on any atom is -0.400 e. The Morgan fingerprint density at radius 2 is 0.684 bits per heavy atom. The van der Waals surface area contributed by atoms with Gasteiger partial charge in [-0.05, 0) is 135 Å². The number of rotatable bonds is 2. The molecule has 2 saturated heterocycles. The Morgan fingerprint density at radius 1 is 0.447 bits per heavy atom. The van der Waals surface area contributed by atoms with Crippen LogP contribution in [-0.4, -0.2) is 59.0 Å². The SMILES string of the molecule is CC1(C)C=C(B2OC(C)(C)C(C)(C)O2)CC(C)(C)O1.CC1(C)C=C(B2OC(C)(C)C(C)(C)O2)CC(C)(C)O1. The molecule has 8 heteroatoms. The Morgan fingerprint density at radius 3 is 0.895 bits per heavy atom. The fourth-order valence-electron chi connectivity index (χ4n) is 5.83. The molecule has 0 aromatic carbocycles. The van der Waals surface area contributed by atoms with Gasteiger partial charge in [0.05, 0.1) is 44.8 Å². The van der Waals surface area contributed by atoms with E-state index in [1.54, 1.807) is 0 Å². The average Bonchev–Trinajstić information content (AvgIpc) is 2.97. The first kappa shape index (κ1) is 31.9. The summed E-state index contributed by atoms with van der Waals surface area (Å²) in [5, 5.41) is 0. The molecule has 0 unspecified atom stereocenters. The van der Waals surface area contributed by atoms with E-state index in [0.717, 1.165) is 12.8 Å². The summed E-state index contributed by atoms with van der Waals surface area (Å²) in [5.74, 6) is 0. The first-order valence-corrected chi connectivity index (χ1v) is 14.2. The maximum Gasteiger partial charge on any atom is 0.490 e. The van der Waals surface area contributed by atoms with Gasteiger partial charge in [-0.25, -0.2) is 0 Å². The van der Waals surface area contributed by atoms with Crippen molar-refractivity contribution in [3.63, 3.8) is 0 Å². The van der Waals surface area contributed by atoms with Gasteiger partial charge in [-0.2, -0.15) is 0 Å². The molecule has 0 bridgehead atoms. The van der Waals surface area contributed by atoms with Crippen molar-refractivity contribution in [1.29, 1.82) is 0 Å². The summed E-state index contributed by atoms with van der Waals surface area (Å²) in [5.41, 5.74) is 0.321. The predicted octanol–water partition coefficient (Wildman–Crippen LogP) is 7.04. The zero-order valence-corrected chi connectivity index (χ0v) is 27.2. The van der Waals surface area contributed by atoms with Crippen LogP contribution in [0.3, 0.4) is 0 Å². The highest BCUT2D eigenvalue weighted by atomic mass is 16.7. The van der Waals surface area contributed by atoms with E-state index in [1.807, 2.05) is 0 Å². The van der Waals surface area contributed by atoms with Gasteiger partial charge in [0.25, 0.3) is 0 Å². The monoisotopic (exact) mass is 532 g/mol. The summed E-state index contributed by atoms with van der Waals surface area (Å²) in [6.45, 7) is 33.5. The molecule has 0 aromatic heterocycles. The molecule has 0 atom stereocenters. The molecule has 4 rings (SSSR count).